The van der Waals surface area contributed by atoms with Crippen molar-refractivity contribution in [1.82, 2.24) is 15.5 Å². The Balaban J connectivity index is 1.57. The molecular formula is C14H25N3O. The number of carbonyl (C=O) groups is 1. The van der Waals surface area contributed by atoms with Crippen LogP contribution < -0.4 is 10.6 Å². The van der Waals surface area contributed by atoms with E-state index in [1.165, 1.54) is 44.9 Å². The largest absolute Gasteiger partial charge is 0.335 e. The Morgan fingerprint density at radius 2 is 2.00 bits per heavy atom. The molecule has 2 heterocycles. The third kappa shape index (κ3) is 2.48. The van der Waals surface area contributed by atoms with Crippen LogP contribution in [0.5, 0.6) is 0 Å². The van der Waals surface area contributed by atoms with Crippen molar-refractivity contribution in [1.29, 1.82) is 0 Å². The highest BCUT2D eigenvalue weighted by molar-refractivity contribution is 5.75. The van der Waals surface area contributed by atoms with Crippen molar-refractivity contribution in [2.45, 2.75) is 57.0 Å². The number of hydrogen-bond donors (Lipinski definition) is 2. The van der Waals surface area contributed by atoms with Crippen LogP contribution in [0.25, 0.3) is 0 Å². The molecule has 2 N–H and O–H groups in total. The van der Waals surface area contributed by atoms with Gasteiger partial charge in [0.2, 0.25) is 0 Å². The van der Waals surface area contributed by atoms with E-state index in [1.807, 2.05) is 0 Å². The lowest BCUT2D eigenvalue weighted by atomic mass is 9.90. The summed E-state index contributed by atoms with van der Waals surface area (Å²) in [4.78, 5) is 14.4. The van der Waals surface area contributed by atoms with Gasteiger partial charge in [0.25, 0.3) is 0 Å². The Labute approximate surface area is 109 Å². The maximum absolute atomic E-state index is 12.3. The predicted octanol–water partition coefficient (Wildman–Crippen LogP) is 1.71. The van der Waals surface area contributed by atoms with E-state index in [1.54, 1.807) is 0 Å². The number of likely N-dealkylation sites (tertiary alicyclic amines) is 1. The van der Waals surface area contributed by atoms with Crippen LogP contribution in [-0.2, 0) is 0 Å². The van der Waals surface area contributed by atoms with Gasteiger partial charge in [0, 0.05) is 18.6 Å². The molecule has 4 heteroatoms. The molecule has 3 rings (SSSR count). The smallest absolute Gasteiger partial charge is 0.317 e. The molecule has 3 fully saturated rings. The summed E-state index contributed by atoms with van der Waals surface area (Å²) in [5.74, 6) is 0.674. The van der Waals surface area contributed by atoms with E-state index >= 15 is 0 Å². The van der Waals surface area contributed by atoms with Crippen molar-refractivity contribution >= 4 is 6.03 Å². The van der Waals surface area contributed by atoms with E-state index < -0.39 is 0 Å². The van der Waals surface area contributed by atoms with E-state index in [4.69, 9.17) is 0 Å². The molecule has 0 aromatic carbocycles. The first-order valence-electron chi connectivity index (χ1n) is 7.62. The minimum Gasteiger partial charge on any atom is -0.335 e. The van der Waals surface area contributed by atoms with Crippen molar-refractivity contribution in [2.75, 3.05) is 19.6 Å². The molecule has 4 nitrogen and oxygen atoms in total. The molecule has 0 radical (unpaired) electrons. The Kier molecular flexibility index (Phi) is 3.73. The van der Waals surface area contributed by atoms with E-state index in [9.17, 15) is 4.79 Å². The molecule has 102 valence electrons. The number of hydrogen-bond acceptors (Lipinski definition) is 2. The highest BCUT2D eigenvalue weighted by Gasteiger charge is 2.36. The predicted molar refractivity (Wildman–Crippen MR) is 71.5 cm³/mol. The maximum atomic E-state index is 12.3. The lowest BCUT2D eigenvalue weighted by molar-refractivity contribution is 0.153. The second kappa shape index (κ2) is 5.47. The highest BCUT2D eigenvalue weighted by Crippen LogP contribution is 2.28. The van der Waals surface area contributed by atoms with Crippen molar-refractivity contribution in [3.05, 3.63) is 0 Å². The van der Waals surface area contributed by atoms with Gasteiger partial charge in [-0.15, -0.1) is 0 Å². The normalized spacial score (nSPS) is 33.2. The van der Waals surface area contributed by atoms with Crippen molar-refractivity contribution in [3.63, 3.8) is 0 Å². The number of urea groups is 1. The summed E-state index contributed by atoms with van der Waals surface area (Å²) in [5, 5.41) is 6.67. The lowest BCUT2D eigenvalue weighted by Gasteiger charge is -2.36. The van der Waals surface area contributed by atoms with Gasteiger partial charge in [-0.2, -0.15) is 0 Å². The standard InChI is InChI=1S/C14H25N3O/c18-14(16-12-5-1-6-12)17-9-3-7-13(17)11-4-2-8-15-10-11/h11-13,15H,1-10H2,(H,16,18). The molecule has 0 bridgehead atoms. The first-order chi connectivity index (χ1) is 8.84. The lowest BCUT2D eigenvalue weighted by Crippen LogP contribution is -2.52. The van der Waals surface area contributed by atoms with Gasteiger partial charge in [-0.25, -0.2) is 4.79 Å². The molecule has 2 saturated heterocycles. The van der Waals surface area contributed by atoms with Crippen LogP contribution in [0.2, 0.25) is 0 Å². The molecule has 18 heavy (non-hydrogen) atoms. The van der Waals surface area contributed by atoms with Crippen LogP contribution in [0, 0.1) is 5.92 Å². The van der Waals surface area contributed by atoms with Crippen LogP contribution in [0.4, 0.5) is 4.79 Å². The molecule has 1 saturated carbocycles. The third-order valence-corrected chi connectivity index (χ3v) is 4.87. The highest BCUT2D eigenvalue weighted by atomic mass is 16.2. The van der Waals surface area contributed by atoms with E-state index in [0.717, 1.165) is 19.6 Å². The zero-order valence-corrected chi connectivity index (χ0v) is 11.2. The molecule has 0 aromatic rings. The molecule has 0 spiro atoms. The van der Waals surface area contributed by atoms with E-state index in [0.29, 0.717) is 18.0 Å². The first kappa shape index (κ1) is 12.3. The average Bonchev–Trinajstić information content (AvgIpc) is 2.84. The summed E-state index contributed by atoms with van der Waals surface area (Å²) in [6.07, 6.45) is 8.55. The quantitative estimate of drug-likeness (QED) is 0.785. The second-order valence-electron chi connectivity index (χ2n) is 6.09. The summed E-state index contributed by atoms with van der Waals surface area (Å²) in [7, 11) is 0. The van der Waals surface area contributed by atoms with Crippen molar-refractivity contribution < 1.29 is 4.79 Å². The zero-order chi connectivity index (χ0) is 12.4. The Hall–Kier alpha value is -0.770. The van der Waals surface area contributed by atoms with Crippen LogP contribution in [0.3, 0.4) is 0 Å². The maximum Gasteiger partial charge on any atom is 0.317 e. The second-order valence-corrected chi connectivity index (χ2v) is 6.09. The van der Waals surface area contributed by atoms with Crippen LogP contribution in [-0.4, -0.2) is 42.6 Å². The molecule has 2 amide bonds. The van der Waals surface area contributed by atoms with Crippen LogP contribution in [0.15, 0.2) is 0 Å². The van der Waals surface area contributed by atoms with Gasteiger partial charge in [-0.05, 0) is 64.0 Å². The topological polar surface area (TPSA) is 44.4 Å². The van der Waals surface area contributed by atoms with Gasteiger partial charge >= 0.3 is 6.03 Å². The third-order valence-electron chi connectivity index (χ3n) is 4.87. The first-order valence-corrected chi connectivity index (χ1v) is 7.62. The Morgan fingerprint density at radius 1 is 1.11 bits per heavy atom. The molecule has 0 aromatic heterocycles. The summed E-state index contributed by atoms with van der Waals surface area (Å²) >= 11 is 0. The van der Waals surface area contributed by atoms with Gasteiger partial charge in [-0.3, -0.25) is 0 Å². The minimum atomic E-state index is 0.202. The Bertz CT molecular complexity index is 297. The van der Waals surface area contributed by atoms with E-state index in [2.05, 4.69) is 15.5 Å². The SMILES string of the molecule is O=C(NC1CCC1)N1CCCC1C1CCCNC1. The monoisotopic (exact) mass is 251 g/mol. The van der Waals surface area contributed by atoms with Crippen LogP contribution in [0.1, 0.15) is 44.9 Å². The van der Waals surface area contributed by atoms with Crippen molar-refractivity contribution in [3.8, 4) is 0 Å². The summed E-state index contributed by atoms with van der Waals surface area (Å²) in [5.41, 5.74) is 0. The number of rotatable bonds is 2. The summed E-state index contributed by atoms with van der Waals surface area (Å²) in [6.45, 7) is 3.20. The van der Waals surface area contributed by atoms with Gasteiger partial charge in [0.15, 0.2) is 0 Å². The number of carbonyl (C=O) groups excluding carboxylic acids is 1. The Morgan fingerprint density at radius 3 is 2.67 bits per heavy atom. The molecule has 2 atom stereocenters. The van der Waals surface area contributed by atoms with Gasteiger partial charge in [0.05, 0.1) is 0 Å². The number of nitrogens with one attached hydrogen (secondary N) is 2. The van der Waals surface area contributed by atoms with E-state index in [-0.39, 0.29) is 6.03 Å². The molecule has 3 aliphatic rings. The van der Waals surface area contributed by atoms with Crippen LogP contribution >= 0.6 is 0 Å². The average molecular weight is 251 g/mol. The van der Waals surface area contributed by atoms with Gasteiger partial charge in [0.1, 0.15) is 0 Å². The van der Waals surface area contributed by atoms with Crippen molar-refractivity contribution in [2.24, 2.45) is 5.92 Å². The molecule has 2 aliphatic heterocycles. The minimum absolute atomic E-state index is 0.202. The number of nitrogens with zero attached hydrogens (tertiary/aromatic N) is 1. The number of piperidine rings is 1. The fraction of sp³-hybridized carbons (Fsp3) is 0.929. The molecular weight excluding hydrogens is 226 g/mol. The summed E-state index contributed by atoms with van der Waals surface area (Å²) in [6, 6.07) is 1.15. The summed E-state index contributed by atoms with van der Waals surface area (Å²) < 4.78 is 0. The molecule has 2 unspecified atom stereocenters. The number of amides is 2. The zero-order valence-electron chi connectivity index (χ0n) is 11.2. The fourth-order valence-corrected chi connectivity index (χ4v) is 3.55. The van der Waals surface area contributed by atoms with Gasteiger partial charge in [-0.1, -0.05) is 0 Å². The van der Waals surface area contributed by atoms with Gasteiger partial charge < -0.3 is 15.5 Å². The molecule has 1 aliphatic carbocycles. The fourth-order valence-electron chi connectivity index (χ4n) is 3.55.